The van der Waals surface area contributed by atoms with Crippen LogP contribution >= 0.6 is 7.60 Å². The zero-order valence-corrected chi connectivity index (χ0v) is 26.0. The zero-order valence-electron chi connectivity index (χ0n) is 25.2. The van der Waals surface area contributed by atoms with Gasteiger partial charge in [0.05, 0.1) is 6.61 Å². The second-order valence-electron chi connectivity index (χ2n) is 10.7. The average Bonchev–Trinajstić information content (AvgIpc) is 3.28. The minimum Gasteiger partial charge on any atom is -0.382 e. The minimum absolute atomic E-state index is 0.121. The Hall–Kier alpha value is -1.58. The molecule has 1 atom stereocenters. The average molecular weight is 584 g/mol. The summed E-state index contributed by atoms with van der Waals surface area (Å²) in [6.45, 7) is 7.43. The van der Waals surface area contributed by atoms with E-state index in [1.165, 1.54) is 77.0 Å². The molecule has 0 fully saturated rings. The molecule has 0 amide bonds. The lowest BCUT2D eigenvalue weighted by Crippen LogP contribution is -2.13. The van der Waals surface area contributed by atoms with Crippen LogP contribution in [0.2, 0.25) is 0 Å². The molecule has 0 aliphatic rings. The van der Waals surface area contributed by atoms with Crippen LogP contribution in [0.1, 0.15) is 135 Å². The van der Waals surface area contributed by atoms with E-state index in [2.05, 4.69) is 16.9 Å². The van der Waals surface area contributed by atoms with Crippen LogP contribution in [-0.4, -0.2) is 48.9 Å². The number of nitrogen functional groups attached to an aromatic ring is 1. The van der Waals surface area contributed by atoms with Gasteiger partial charge in [0.1, 0.15) is 18.3 Å². The van der Waals surface area contributed by atoms with Gasteiger partial charge in [0.15, 0.2) is 22.8 Å². The summed E-state index contributed by atoms with van der Waals surface area (Å²) >= 11 is 0. The van der Waals surface area contributed by atoms with Gasteiger partial charge >= 0.3 is 7.60 Å². The molecule has 1 unspecified atom stereocenters. The van der Waals surface area contributed by atoms with Crippen molar-refractivity contribution in [3.05, 3.63) is 11.6 Å². The van der Waals surface area contributed by atoms with Crippen molar-refractivity contribution in [1.29, 1.82) is 0 Å². The molecule has 10 nitrogen and oxygen atoms in total. The maximum absolute atomic E-state index is 11.1. The Morgan fingerprint density at radius 1 is 0.825 bits per heavy atom. The summed E-state index contributed by atoms with van der Waals surface area (Å²) in [6, 6.07) is 0. The highest BCUT2D eigenvalue weighted by atomic mass is 31.2. The molecule has 11 heteroatoms. The molecule has 2 heterocycles. The van der Waals surface area contributed by atoms with E-state index in [4.69, 9.17) is 30.0 Å². The Balaban J connectivity index is 1.75. The van der Waals surface area contributed by atoms with E-state index in [9.17, 15) is 4.57 Å². The van der Waals surface area contributed by atoms with Crippen LogP contribution in [0.3, 0.4) is 0 Å². The lowest BCUT2D eigenvalue weighted by Gasteiger charge is -2.16. The number of imidazole rings is 1. The van der Waals surface area contributed by atoms with Gasteiger partial charge in [-0.25, -0.2) is 15.0 Å². The van der Waals surface area contributed by atoms with Gasteiger partial charge in [0.25, 0.3) is 0 Å². The second-order valence-corrected chi connectivity index (χ2v) is 12.3. The molecular weight excluding hydrogens is 529 g/mol. The lowest BCUT2D eigenvalue weighted by atomic mass is 10.0. The maximum atomic E-state index is 11.1. The van der Waals surface area contributed by atoms with Crippen LogP contribution in [0.4, 0.5) is 5.82 Å². The van der Waals surface area contributed by atoms with Crippen molar-refractivity contribution in [1.82, 2.24) is 19.5 Å². The van der Waals surface area contributed by atoms with Gasteiger partial charge in [-0.05, 0) is 12.8 Å². The smallest absolute Gasteiger partial charge is 0.350 e. The van der Waals surface area contributed by atoms with Gasteiger partial charge in [-0.3, -0.25) is 4.57 Å². The predicted octanol–water partition coefficient (Wildman–Crippen LogP) is 7.07. The van der Waals surface area contributed by atoms with Crippen molar-refractivity contribution in [3.8, 4) is 0 Å². The van der Waals surface area contributed by atoms with Gasteiger partial charge in [-0.15, -0.1) is 0 Å². The molecule has 2 aromatic rings. The number of hydrogen-bond acceptors (Lipinski definition) is 7. The van der Waals surface area contributed by atoms with Crippen LogP contribution in [0.5, 0.6) is 0 Å². The summed E-state index contributed by atoms with van der Waals surface area (Å²) < 4.78 is 24.3. The van der Waals surface area contributed by atoms with Gasteiger partial charge < -0.3 is 29.6 Å². The number of nitrogens with zero attached hydrogens (tertiary/aromatic N) is 4. The Bertz CT molecular complexity index is 1010. The summed E-state index contributed by atoms with van der Waals surface area (Å²) in [5.41, 5.74) is 7.39. The third kappa shape index (κ3) is 12.9. The summed E-state index contributed by atoms with van der Waals surface area (Å²) in [5.74, 6) is 1.62. The van der Waals surface area contributed by atoms with Crippen LogP contribution in [0.15, 0.2) is 0 Å². The van der Waals surface area contributed by atoms with Crippen molar-refractivity contribution >= 4 is 24.6 Å². The standard InChI is InChI=1S/C29H54N5O5P/c1-4-7-8-9-10-11-12-13-14-15-16-17-18-19-21-39-24(5-2)28-32-27(30)26-29(33-28)34(25(6-3)31-26)20-22-38-23-40(35,36)37/h24H,4-23H2,1-3H3,(H2,30,32,33)(H2,35,36,37). The molecule has 0 aliphatic carbocycles. The molecule has 40 heavy (non-hydrogen) atoms. The monoisotopic (exact) mass is 583 g/mol. The van der Waals surface area contributed by atoms with Crippen LogP contribution < -0.4 is 5.73 Å². The molecule has 230 valence electrons. The fourth-order valence-corrected chi connectivity index (χ4v) is 5.34. The van der Waals surface area contributed by atoms with Crippen LogP contribution in [0.25, 0.3) is 11.2 Å². The van der Waals surface area contributed by atoms with Crippen molar-refractivity contribution in [2.75, 3.05) is 25.3 Å². The number of aromatic nitrogens is 4. The quantitative estimate of drug-likeness (QED) is 0.0872. The van der Waals surface area contributed by atoms with E-state index in [-0.39, 0.29) is 12.7 Å². The van der Waals surface area contributed by atoms with E-state index < -0.39 is 13.9 Å². The van der Waals surface area contributed by atoms with Crippen LogP contribution in [0, 0.1) is 0 Å². The van der Waals surface area contributed by atoms with Crippen molar-refractivity contribution in [2.45, 2.75) is 136 Å². The molecule has 0 saturated heterocycles. The second kappa shape index (κ2) is 19.5. The Labute approximate surface area is 241 Å². The SMILES string of the molecule is CCCCCCCCCCCCCCCCOC(CC)c1nc(N)c2nc(CC)n(CCOCP(=O)(O)O)c2n1. The normalized spacial score (nSPS) is 12.9. The van der Waals surface area contributed by atoms with E-state index in [1.807, 2.05) is 18.4 Å². The number of unbranched alkanes of at least 4 members (excludes halogenated alkanes) is 13. The molecule has 0 saturated carbocycles. The lowest BCUT2D eigenvalue weighted by molar-refractivity contribution is 0.0416. The highest BCUT2D eigenvalue weighted by molar-refractivity contribution is 7.51. The molecular formula is C29H54N5O5P. The summed E-state index contributed by atoms with van der Waals surface area (Å²) in [4.78, 5) is 31.9. The third-order valence-electron chi connectivity index (χ3n) is 7.23. The minimum atomic E-state index is -4.21. The number of aryl methyl sites for hydroxylation is 1. The molecule has 0 aromatic carbocycles. The van der Waals surface area contributed by atoms with E-state index >= 15 is 0 Å². The van der Waals surface area contributed by atoms with Crippen molar-refractivity contribution in [3.63, 3.8) is 0 Å². The largest absolute Gasteiger partial charge is 0.382 e. The Morgan fingerprint density at radius 2 is 1.40 bits per heavy atom. The number of hydrogen-bond donors (Lipinski definition) is 3. The van der Waals surface area contributed by atoms with Crippen molar-refractivity contribution in [2.24, 2.45) is 0 Å². The first-order chi connectivity index (χ1) is 19.3. The van der Waals surface area contributed by atoms with E-state index in [1.54, 1.807) is 0 Å². The molecule has 4 N–H and O–H groups in total. The Morgan fingerprint density at radius 3 is 1.93 bits per heavy atom. The van der Waals surface area contributed by atoms with E-state index in [0.29, 0.717) is 42.4 Å². The number of ether oxygens (including phenoxy) is 2. The Kier molecular flexibility index (Phi) is 16.9. The van der Waals surface area contributed by atoms with Gasteiger partial charge in [-0.2, -0.15) is 0 Å². The number of rotatable bonds is 24. The highest BCUT2D eigenvalue weighted by Gasteiger charge is 2.21. The summed E-state index contributed by atoms with van der Waals surface area (Å²) in [7, 11) is -4.21. The number of anilines is 1. The van der Waals surface area contributed by atoms with Gasteiger partial charge in [-0.1, -0.05) is 104 Å². The fourth-order valence-electron chi connectivity index (χ4n) is 4.97. The van der Waals surface area contributed by atoms with Crippen molar-refractivity contribution < 1.29 is 23.8 Å². The first-order valence-corrected chi connectivity index (χ1v) is 17.4. The van der Waals surface area contributed by atoms with Gasteiger partial charge in [0.2, 0.25) is 0 Å². The van der Waals surface area contributed by atoms with E-state index in [0.717, 1.165) is 25.1 Å². The first kappa shape index (κ1) is 34.6. The topological polar surface area (TPSA) is 146 Å². The predicted molar refractivity (Wildman–Crippen MR) is 161 cm³/mol. The summed E-state index contributed by atoms with van der Waals surface area (Å²) in [6.07, 6.45) is 19.0. The number of fused-ring (bicyclic) bond motifs is 1. The maximum Gasteiger partial charge on any atom is 0.350 e. The first-order valence-electron chi connectivity index (χ1n) is 15.6. The molecule has 0 aliphatic heterocycles. The molecule has 0 spiro atoms. The molecule has 2 aromatic heterocycles. The van der Waals surface area contributed by atoms with Crippen LogP contribution in [-0.2, 0) is 27.0 Å². The summed E-state index contributed by atoms with van der Waals surface area (Å²) in [5, 5.41) is 0. The molecule has 0 radical (unpaired) electrons. The molecule has 0 bridgehead atoms. The third-order valence-corrected chi connectivity index (χ3v) is 7.75. The number of nitrogens with two attached hydrogens (primary N) is 1. The zero-order chi connectivity index (χ0) is 29.2. The molecule has 2 rings (SSSR count). The highest BCUT2D eigenvalue weighted by Crippen LogP contribution is 2.34. The van der Waals surface area contributed by atoms with Gasteiger partial charge in [0, 0.05) is 19.6 Å². The fraction of sp³-hybridized carbons (Fsp3) is 0.828.